The topological polar surface area (TPSA) is 97.5 Å². The summed E-state index contributed by atoms with van der Waals surface area (Å²) in [6.45, 7) is 6.14. The maximum absolute atomic E-state index is 12.9. The molecule has 8 heteroatoms. The van der Waals surface area contributed by atoms with Crippen molar-refractivity contribution >= 4 is 23.7 Å². The Labute approximate surface area is 191 Å². The zero-order valence-corrected chi connectivity index (χ0v) is 18.7. The van der Waals surface area contributed by atoms with Gasteiger partial charge in [-0.25, -0.2) is 4.79 Å². The average molecular weight is 444 g/mol. The molecule has 8 nitrogen and oxygen atoms in total. The summed E-state index contributed by atoms with van der Waals surface area (Å²) in [5, 5.41) is 13.5. The summed E-state index contributed by atoms with van der Waals surface area (Å²) in [6.07, 6.45) is 2.60. The number of carbonyl (C=O) groups is 2. The Morgan fingerprint density at radius 2 is 1.76 bits per heavy atom. The van der Waals surface area contributed by atoms with E-state index >= 15 is 0 Å². The number of non-ortho nitro benzene ring substituents is 1. The SMILES string of the molecule is CCc1ccccc1-n1c(C)cc(/C=C2\NC(=O)N(Cc3ccc([N+](=O)[O-])cc3)C2=O)c1C. The van der Waals surface area contributed by atoms with E-state index in [1.165, 1.54) is 17.7 Å². The highest BCUT2D eigenvalue weighted by molar-refractivity contribution is 6.14. The molecule has 1 N–H and O–H groups in total. The van der Waals surface area contributed by atoms with Gasteiger partial charge in [0.05, 0.1) is 11.5 Å². The van der Waals surface area contributed by atoms with Crippen LogP contribution in [-0.2, 0) is 17.8 Å². The average Bonchev–Trinajstić information content (AvgIpc) is 3.23. The molecule has 33 heavy (non-hydrogen) atoms. The van der Waals surface area contributed by atoms with Crippen molar-refractivity contribution in [2.45, 2.75) is 33.7 Å². The van der Waals surface area contributed by atoms with Gasteiger partial charge < -0.3 is 9.88 Å². The number of imide groups is 1. The van der Waals surface area contributed by atoms with Gasteiger partial charge in [0.25, 0.3) is 11.6 Å². The van der Waals surface area contributed by atoms with E-state index in [-0.39, 0.29) is 17.9 Å². The molecule has 1 fully saturated rings. The molecule has 1 aliphatic rings. The molecule has 0 radical (unpaired) electrons. The number of amides is 3. The largest absolute Gasteiger partial charge is 0.329 e. The Hall–Kier alpha value is -4.20. The number of hydrogen-bond acceptors (Lipinski definition) is 4. The van der Waals surface area contributed by atoms with Gasteiger partial charge in [0.15, 0.2) is 0 Å². The van der Waals surface area contributed by atoms with E-state index in [4.69, 9.17) is 0 Å². The van der Waals surface area contributed by atoms with Crippen molar-refractivity contribution in [3.05, 3.63) is 98.5 Å². The number of nitrogens with zero attached hydrogens (tertiary/aromatic N) is 3. The first-order chi connectivity index (χ1) is 15.8. The normalized spacial score (nSPS) is 14.8. The zero-order valence-electron chi connectivity index (χ0n) is 18.7. The lowest BCUT2D eigenvalue weighted by molar-refractivity contribution is -0.384. The van der Waals surface area contributed by atoms with Crippen molar-refractivity contribution in [1.82, 2.24) is 14.8 Å². The van der Waals surface area contributed by atoms with Crippen LogP contribution in [0.3, 0.4) is 0 Å². The van der Waals surface area contributed by atoms with Crippen molar-refractivity contribution < 1.29 is 14.5 Å². The molecule has 0 bridgehead atoms. The number of para-hydroxylation sites is 1. The van der Waals surface area contributed by atoms with Gasteiger partial charge in [-0.15, -0.1) is 0 Å². The van der Waals surface area contributed by atoms with E-state index in [2.05, 4.69) is 28.9 Å². The van der Waals surface area contributed by atoms with Gasteiger partial charge in [0.1, 0.15) is 5.70 Å². The van der Waals surface area contributed by atoms with Crippen LogP contribution in [0.4, 0.5) is 10.5 Å². The number of aromatic nitrogens is 1. The number of rotatable bonds is 6. The number of urea groups is 1. The molecule has 2 heterocycles. The second-order valence-electron chi connectivity index (χ2n) is 7.95. The first kappa shape index (κ1) is 22.0. The van der Waals surface area contributed by atoms with Gasteiger partial charge in [-0.1, -0.05) is 37.3 Å². The minimum absolute atomic E-state index is 0.0307. The summed E-state index contributed by atoms with van der Waals surface area (Å²) in [4.78, 5) is 36.8. The molecule has 168 valence electrons. The smallest absolute Gasteiger partial charge is 0.318 e. The van der Waals surface area contributed by atoms with Crippen LogP contribution in [0, 0.1) is 24.0 Å². The lowest BCUT2D eigenvalue weighted by Crippen LogP contribution is -2.30. The predicted molar refractivity (Wildman–Crippen MR) is 125 cm³/mol. The zero-order chi connectivity index (χ0) is 23.7. The van der Waals surface area contributed by atoms with Gasteiger partial charge in [-0.05, 0) is 55.2 Å². The summed E-state index contributed by atoms with van der Waals surface area (Å²) in [6, 6.07) is 15.5. The Balaban J connectivity index is 1.61. The minimum Gasteiger partial charge on any atom is -0.318 e. The lowest BCUT2D eigenvalue weighted by atomic mass is 10.1. The quantitative estimate of drug-likeness (QED) is 0.259. The molecule has 0 aliphatic carbocycles. The number of hydrogen-bond donors (Lipinski definition) is 1. The molecule has 0 atom stereocenters. The molecule has 1 aliphatic heterocycles. The van der Waals surface area contributed by atoms with E-state index in [0.717, 1.165) is 34.0 Å². The third kappa shape index (κ3) is 4.15. The second kappa shape index (κ2) is 8.74. The molecule has 0 saturated carbocycles. The van der Waals surface area contributed by atoms with Crippen molar-refractivity contribution in [1.29, 1.82) is 0 Å². The maximum Gasteiger partial charge on any atom is 0.329 e. The Bertz CT molecular complexity index is 1290. The van der Waals surface area contributed by atoms with Crippen LogP contribution in [0.1, 0.15) is 35.0 Å². The highest BCUT2D eigenvalue weighted by atomic mass is 16.6. The highest BCUT2D eigenvalue weighted by Gasteiger charge is 2.33. The molecule has 1 aromatic heterocycles. The predicted octanol–water partition coefficient (Wildman–Crippen LogP) is 4.66. The van der Waals surface area contributed by atoms with Gasteiger partial charge >= 0.3 is 6.03 Å². The third-order valence-corrected chi connectivity index (χ3v) is 5.83. The highest BCUT2D eigenvalue weighted by Crippen LogP contribution is 2.26. The third-order valence-electron chi connectivity index (χ3n) is 5.83. The van der Waals surface area contributed by atoms with Crippen LogP contribution < -0.4 is 5.32 Å². The fraction of sp³-hybridized carbons (Fsp3) is 0.200. The van der Waals surface area contributed by atoms with E-state index < -0.39 is 16.9 Å². The number of benzene rings is 2. The van der Waals surface area contributed by atoms with Gasteiger partial charge in [-0.3, -0.25) is 19.8 Å². The Morgan fingerprint density at radius 1 is 1.06 bits per heavy atom. The molecule has 1 saturated heterocycles. The molecule has 0 spiro atoms. The maximum atomic E-state index is 12.9. The van der Waals surface area contributed by atoms with Crippen molar-refractivity contribution in [2.24, 2.45) is 0 Å². The monoisotopic (exact) mass is 444 g/mol. The van der Waals surface area contributed by atoms with Crippen LogP contribution in [0.5, 0.6) is 0 Å². The summed E-state index contributed by atoms with van der Waals surface area (Å²) in [7, 11) is 0. The van der Waals surface area contributed by atoms with Crippen LogP contribution in [0.2, 0.25) is 0 Å². The van der Waals surface area contributed by atoms with Crippen molar-refractivity contribution in [2.75, 3.05) is 0 Å². The molecule has 2 aromatic carbocycles. The molecular weight excluding hydrogens is 420 g/mol. The van der Waals surface area contributed by atoms with Crippen molar-refractivity contribution in [3.8, 4) is 5.69 Å². The van der Waals surface area contributed by atoms with E-state index in [0.29, 0.717) is 5.56 Å². The van der Waals surface area contributed by atoms with E-state index in [9.17, 15) is 19.7 Å². The fourth-order valence-electron chi connectivity index (χ4n) is 4.11. The van der Waals surface area contributed by atoms with Crippen LogP contribution in [0.15, 0.2) is 60.3 Å². The number of nitro groups is 1. The van der Waals surface area contributed by atoms with Gasteiger partial charge in [0, 0.05) is 29.2 Å². The Kier molecular flexibility index (Phi) is 5.83. The van der Waals surface area contributed by atoms with Crippen LogP contribution in [0.25, 0.3) is 11.8 Å². The van der Waals surface area contributed by atoms with Crippen LogP contribution in [-0.4, -0.2) is 26.3 Å². The number of aryl methyl sites for hydroxylation is 2. The minimum atomic E-state index is -0.519. The summed E-state index contributed by atoms with van der Waals surface area (Å²) >= 11 is 0. The summed E-state index contributed by atoms with van der Waals surface area (Å²) in [5.74, 6) is -0.433. The molecular formula is C25H24N4O4. The number of carbonyl (C=O) groups excluding carboxylic acids is 2. The lowest BCUT2D eigenvalue weighted by Gasteiger charge is -2.14. The molecule has 4 rings (SSSR count). The summed E-state index contributed by atoms with van der Waals surface area (Å²) in [5.41, 5.74) is 5.94. The van der Waals surface area contributed by atoms with Gasteiger partial charge in [-0.2, -0.15) is 0 Å². The molecule has 3 aromatic rings. The van der Waals surface area contributed by atoms with E-state index in [1.54, 1.807) is 18.2 Å². The second-order valence-corrected chi connectivity index (χ2v) is 7.95. The fourth-order valence-corrected chi connectivity index (χ4v) is 4.11. The summed E-state index contributed by atoms with van der Waals surface area (Å²) < 4.78 is 2.15. The van der Waals surface area contributed by atoms with Crippen LogP contribution >= 0.6 is 0 Å². The molecule has 3 amide bonds. The standard InChI is InChI=1S/C25H24N4O4/c1-4-19-7-5-6-8-23(19)28-16(2)13-20(17(28)3)14-22-24(30)27(25(31)26-22)15-18-9-11-21(12-10-18)29(32)33/h5-14H,4,15H2,1-3H3,(H,26,31)/b22-14-. The first-order valence-electron chi connectivity index (χ1n) is 10.6. The Morgan fingerprint density at radius 3 is 2.42 bits per heavy atom. The van der Waals surface area contributed by atoms with Gasteiger partial charge in [0.2, 0.25) is 0 Å². The number of nitro benzene ring substituents is 1. The van der Waals surface area contributed by atoms with Crippen molar-refractivity contribution in [3.63, 3.8) is 0 Å². The number of nitrogens with one attached hydrogen (secondary N) is 1. The molecule has 0 unspecified atom stereocenters. The first-order valence-corrected chi connectivity index (χ1v) is 10.6. The van der Waals surface area contributed by atoms with E-state index in [1.807, 2.05) is 32.0 Å².